The summed E-state index contributed by atoms with van der Waals surface area (Å²) in [6.07, 6.45) is 1.63. The third-order valence-corrected chi connectivity index (χ3v) is 4.25. The Balaban J connectivity index is 1.79. The molecule has 1 aromatic rings. The summed E-state index contributed by atoms with van der Waals surface area (Å²) >= 11 is 11.5. The fourth-order valence-corrected chi connectivity index (χ4v) is 2.88. The van der Waals surface area contributed by atoms with Crippen molar-refractivity contribution < 1.29 is 14.2 Å². The Morgan fingerprint density at radius 2 is 2.19 bits per heavy atom. The van der Waals surface area contributed by atoms with E-state index in [0.717, 1.165) is 45.0 Å². The van der Waals surface area contributed by atoms with Crippen LogP contribution in [0, 0.1) is 0 Å². The molecule has 0 amide bonds. The normalized spacial score (nSPS) is 15.0. The molecule has 1 aliphatic rings. The zero-order valence-electron chi connectivity index (χ0n) is 15.1. The van der Waals surface area contributed by atoms with Gasteiger partial charge in [0.25, 0.3) is 0 Å². The number of benzene rings is 1. The minimum Gasteiger partial charge on any atom is -0.493 e. The van der Waals surface area contributed by atoms with Crippen LogP contribution in [0.1, 0.15) is 12.5 Å². The van der Waals surface area contributed by atoms with Crippen LogP contribution >= 0.6 is 23.8 Å². The summed E-state index contributed by atoms with van der Waals surface area (Å²) in [6.45, 7) is 7.57. The summed E-state index contributed by atoms with van der Waals surface area (Å²) in [5.41, 5.74) is 3.57. The molecule has 1 fully saturated rings. The van der Waals surface area contributed by atoms with Gasteiger partial charge in [-0.05, 0) is 36.8 Å². The van der Waals surface area contributed by atoms with E-state index >= 15 is 0 Å². The lowest BCUT2D eigenvalue weighted by Gasteiger charge is -2.26. The number of halogens is 1. The van der Waals surface area contributed by atoms with Gasteiger partial charge in [0, 0.05) is 26.2 Å². The quantitative estimate of drug-likeness (QED) is 0.392. The van der Waals surface area contributed by atoms with Crippen LogP contribution in [-0.2, 0) is 4.74 Å². The number of hydrazone groups is 1. The van der Waals surface area contributed by atoms with Crippen molar-refractivity contribution in [1.82, 2.24) is 15.6 Å². The van der Waals surface area contributed by atoms with Gasteiger partial charge in [-0.15, -0.1) is 0 Å². The Bertz CT molecular complexity index is 624. The molecule has 2 rings (SSSR count). The second-order valence-electron chi connectivity index (χ2n) is 5.55. The third kappa shape index (κ3) is 6.60. The first-order chi connectivity index (χ1) is 12.6. The third-order valence-electron chi connectivity index (χ3n) is 3.74. The van der Waals surface area contributed by atoms with Gasteiger partial charge >= 0.3 is 0 Å². The predicted molar refractivity (Wildman–Crippen MR) is 108 cm³/mol. The van der Waals surface area contributed by atoms with Crippen LogP contribution in [0.2, 0.25) is 5.02 Å². The molecule has 0 radical (unpaired) electrons. The van der Waals surface area contributed by atoms with Gasteiger partial charge < -0.3 is 19.5 Å². The highest BCUT2D eigenvalue weighted by atomic mass is 35.5. The summed E-state index contributed by atoms with van der Waals surface area (Å²) in [4.78, 5) is 2.33. The lowest BCUT2D eigenvalue weighted by atomic mass is 10.2. The maximum Gasteiger partial charge on any atom is 0.187 e. The molecule has 2 N–H and O–H groups in total. The van der Waals surface area contributed by atoms with E-state index in [-0.39, 0.29) is 0 Å². The van der Waals surface area contributed by atoms with Crippen molar-refractivity contribution in [2.75, 3.05) is 53.1 Å². The summed E-state index contributed by atoms with van der Waals surface area (Å²) in [7, 11) is 1.57. The van der Waals surface area contributed by atoms with Crippen molar-refractivity contribution in [1.29, 1.82) is 0 Å². The average molecular weight is 401 g/mol. The van der Waals surface area contributed by atoms with Gasteiger partial charge in [0.2, 0.25) is 0 Å². The molecule has 0 unspecified atom stereocenters. The van der Waals surface area contributed by atoms with Crippen molar-refractivity contribution in [2.45, 2.75) is 6.92 Å². The largest absolute Gasteiger partial charge is 0.493 e. The van der Waals surface area contributed by atoms with Gasteiger partial charge in [0.05, 0.1) is 38.2 Å². The van der Waals surface area contributed by atoms with Crippen LogP contribution in [-0.4, -0.2) is 69.3 Å². The number of thiocarbonyl (C=S) groups is 1. The summed E-state index contributed by atoms with van der Waals surface area (Å²) in [5, 5.41) is 8.20. The minimum atomic E-state index is 0.471. The molecule has 1 aromatic carbocycles. The Morgan fingerprint density at radius 3 is 2.88 bits per heavy atom. The molecule has 7 nitrogen and oxygen atoms in total. The lowest BCUT2D eigenvalue weighted by molar-refractivity contribution is 0.0389. The molecule has 26 heavy (non-hydrogen) atoms. The number of morpholine rings is 1. The molecule has 1 saturated heterocycles. The molecule has 0 bridgehead atoms. The van der Waals surface area contributed by atoms with Crippen molar-refractivity contribution in [3.63, 3.8) is 0 Å². The highest BCUT2D eigenvalue weighted by molar-refractivity contribution is 7.80. The Kier molecular flexibility index (Phi) is 8.90. The Hall–Kier alpha value is -1.61. The monoisotopic (exact) mass is 400 g/mol. The number of hydrogen-bond donors (Lipinski definition) is 2. The summed E-state index contributed by atoms with van der Waals surface area (Å²) in [6, 6.07) is 3.56. The lowest BCUT2D eigenvalue weighted by Crippen LogP contribution is -2.42. The maximum absolute atomic E-state index is 6.24. The van der Waals surface area contributed by atoms with Crippen LogP contribution in [0.5, 0.6) is 11.5 Å². The number of nitrogens with zero attached hydrogens (tertiary/aromatic N) is 2. The number of ether oxygens (including phenoxy) is 3. The molecular formula is C17H25ClN4O3S. The SMILES string of the molecule is CCOc1c(Cl)cc(/C=N\NC(=S)NCCN2CCOCC2)cc1OC. The first kappa shape index (κ1) is 20.7. The standard InChI is InChI=1S/C17H25ClN4O3S/c1-3-25-16-14(18)10-13(11-15(16)23-2)12-20-21-17(26)19-4-5-22-6-8-24-9-7-22/h10-12H,3-9H2,1-2H3,(H2,19,21,26)/b20-12-. The second kappa shape index (κ2) is 11.2. The molecule has 144 valence electrons. The van der Waals surface area contributed by atoms with Crippen molar-refractivity contribution >= 4 is 35.1 Å². The van der Waals surface area contributed by atoms with E-state index in [1.54, 1.807) is 25.5 Å². The van der Waals surface area contributed by atoms with Gasteiger partial charge in [0.1, 0.15) is 0 Å². The van der Waals surface area contributed by atoms with Crippen molar-refractivity contribution in [2.24, 2.45) is 5.10 Å². The van der Waals surface area contributed by atoms with Crippen molar-refractivity contribution in [3.05, 3.63) is 22.7 Å². The van der Waals surface area contributed by atoms with E-state index < -0.39 is 0 Å². The minimum absolute atomic E-state index is 0.471. The fraction of sp³-hybridized carbons (Fsp3) is 0.529. The van der Waals surface area contributed by atoms with Gasteiger partial charge in [0.15, 0.2) is 16.6 Å². The van der Waals surface area contributed by atoms with E-state index in [0.29, 0.717) is 28.2 Å². The topological polar surface area (TPSA) is 67.4 Å². The van der Waals surface area contributed by atoms with Crippen molar-refractivity contribution in [3.8, 4) is 11.5 Å². The molecule has 0 aromatic heterocycles. The van der Waals surface area contributed by atoms with E-state index in [4.69, 9.17) is 38.0 Å². The molecule has 0 spiro atoms. The van der Waals surface area contributed by atoms with Gasteiger partial charge in [-0.3, -0.25) is 10.3 Å². The second-order valence-corrected chi connectivity index (χ2v) is 6.36. The first-order valence-corrected chi connectivity index (χ1v) is 9.30. The first-order valence-electron chi connectivity index (χ1n) is 8.51. The molecular weight excluding hydrogens is 376 g/mol. The highest BCUT2D eigenvalue weighted by Gasteiger charge is 2.11. The molecule has 0 aliphatic carbocycles. The van der Waals surface area contributed by atoms with E-state index in [2.05, 4.69) is 20.7 Å². The van der Waals surface area contributed by atoms with Crippen LogP contribution in [0.25, 0.3) is 0 Å². The van der Waals surface area contributed by atoms with E-state index in [1.807, 2.05) is 6.92 Å². The Labute approximate surface area is 164 Å². The summed E-state index contributed by atoms with van der Waals surface area (Å²) in [5.74, 6) is 1.09. The van der Waals surface area contributed by atoms with Gasteiger partial charge in [-0.1, -0.05) is 11.6 Å². The Morgan fingerprint density at radius 1 is 1.42 bits per heavy atom. The zero-order valence-corrected chi connectivity index (χ0v) is 16.7. The van der Waals surface area contributed by atoms with Crippen LogP contribution in [0.3, 0.4) is 0 Å². The maximum atomic E-state index is 6.24. The molecule has 0 saturated carbocycles. The number of rotatable bonds is 8. The predicted octanol–water partition coefficient (Wildman–Crippen LogP) is 1.88. The van der Waals surface area contributed by atoms with Gasteiger partial charge in [-0.25, -0.2) is 0 Å². The highest BCUT2D eigenvalue weighted by Crippen LogP contribution is 2.35. The number of nitrogens with one attached hydrogen (secondary N) is 2. The molecule has 1 aliphatic heterocycles. The molecule has 1 heterocycles. The van der Waals surface area contributed by atoms with Crippen LogP contribution in [0.4, 0.5) is 0 Å². The van der Waals surface area contributed by atoms with E-state index in [1.165, 1.54) is 0 Å². The van der Waals surface area contributed by atoms with Crippen LogP contribution in [0.15, 0.2) is 17.2 Å². The molecule has 0 atom stereocenters. The van der Waals surface area contributed by atoms with Crippen LogP contribution < -0.4 is 20.2 Å². The number of methoxy groups -OCH3 is 1. The zero-order chi connectivity index (χ0) is 18.8. The number of hydrogen-bond acceptors (Lipinski definition) is 6. The summed E-state index contributed by atoms with van der Waals surface area (Å²) < 4.78 is 16.1. The van der Waals surface area contributed by atoms with E-state index in [9.17, 15) is 0 Å². The smallest absolute Gasteiger partial charge is 0.187 e. The average Bonchev–Trinajstić information content (AvgIpc) is 2.64. The molecule has 9 heteroatoms. The van der Waals surface area contributed by atoms with Gasteiger partial charge in [-0.2, -0.15) is 5.10 Å². The fourth-order valence-electron chi connectivity index (χ4n) is 2.46.